The maximum absolute atomic E-state index is 12.6. The van der Waals surface area contributed by atoms with Gasteiger partial charge in [0.2, 0.25) is 5.91 Å². The first kappa shape index (κ1) is 26.0. The van der Waals surface area contributed by atoms with Crippen LogP contribution in [0.1, 0.15) is 44.1 Å². The summed E-state index contributed by atoms with van der Waals surface area (Å²) in [5.74, 6) is 1.21. The van der Waals surface area contributed by atoms with Crippen molar-refractivity contribution in [2.75, 3.05) is 19.0 Å². The second-order valence-corrected chi connectivity index (χ2v) is 7.50. The molecule has 1 aromatic heterocycles. The van der Waals surface area contributed by atoms with Gasteiger partial charge in [-0.2, -0.15) is 0 Å². The van der Waals surface area contributed by atoms with Crippen LogP contribution in [0.15, 0.2) is 42.7 Å². The molecule has 0 saturated heterocycles. The molecule has 0 bridgehead atoms. The highest BCUT2D eigenvalue weighted by Crippen LogP contribution is 2.39. The number of nitrogens with zero attached hydrogens (tertiary/aromatic N) is 1. The van der Waals surface area contributed by atoms with E-state index in [1.54, 1.807) is 31.6 Å². The van der Waals surface area contributed by atoms with Crippen molar-refractivity contribution in [1.82, 2.24) is 4.98 Å². The number of aromatic nitrogens is 1. The number of hydrogen-bond acceptors (Lipinski definition) is 5. The molecular formula is C22H31Cl2N3O3. The number of anilines is 1. The second-order valence-electron chi connectivity index (χ2n) is 7.50. The van der Waals surface area contributed by atoms with Crippen molar-refractivity contribution < 1.29 is 14.3 Å². The molecule has 0 unspecified atom stereocenters. The number of nitrogens with one attached hydrogen (secondary N) is 1. The molecule has 1 aliphatic carbocycles. The Kier molecular flexibility index (Phi) is 10.9. The summed E-state index contributed by atoms with van der Waals surface area (Å²) in [7, 11) is 1.60. The number of ether oxygens (including phenoxy) is 2. The molecule has 0 spiro atoms. The number of nitrogens with two attached hydrogens (primary N) is 1. The van der Waals surface area contributed by atoms with Gasteiger partial charge in [-0.1, -0.05) is 19.3 Å². The van der Waals surface area contributed by atoms with E-state index in [1.165, 1.54) is 6.42 Å². The van der Waals surface area contributed by atoms with Crippen LogP contribution in [-0.4, -0.2) is 24.5 Å². The molecule has 1 amide bonds. The summed E-state index contributed by atoms with van der Waals surface area (Å²) < 4.78 is 11.3. The molecule has 0 atom stereocenters. The summed E-state index contributed by atoms with van der Waals surface area (Å²) in [6.07, 6.45) is 9.51. The highest BCUT2D eigenvalue weighted by Gasteiger charge is 2.33. The number of carbonyl (C=O) groups is 1. The van der Waals surface area contributed by atoms with Gasteiger partial charge in [0.15, 0.2) is 11.5 Å². The van der Waals surface area contributed by atoms with E-state index >= 15 is 0 Å². The lowest BCUT2D eigenvalue weighted by molar-refractivity contribution is -0.118. The third kappa shape index (κ3) is 7.04. The zero-order valence-electron chi connectivity index (χ0n) is 17.3. The predicted octanol–water partition coefficient (Wildman–Crippen LogP) is 4.75. The van der Waals surface area contributed by atoms with Crippen LogP contribution in [0.4, 0.5) is 5.69 Å². The Morgan fingerprint density at radius 3 is 2.43 bits per heavy atom. The molecule has 0 radical (unpaired) electrons. The summed E-state index contributed by atoms with van der Waals surface area (Å²) in [5.41, 5.74) is 7.66. The summed E-state index contributed by atoms with van der Waals surface area (Å²) in [6.45, 7) is 0.954. The van der Waals surface area contributed by atoms with Crippen LogP contribution < -0.4 is 20.5 Å². The lowest BCUT2D eigenvalue weighted by Crippen LogP contribution is -2.36. The molecule has 3 N–H and O–H groups in total. The van der Waals surface area contributed by atoms with Crippen LogP contribution in [0.25, 0.3) is 0 Å². The quantitative estimate of drug-likeness (QED) is 0.599. The number of pyridine rings is 1. The smallest absolute Gasteiger partial charge is 0.224 e. The Hall–Kier alpha value is -2.02. The van der Waals surface area contributed by atoms with Crippen LogP contribution in [-0.2, 0) is 11.4 Å². The van der Waals surface area contributed by atoms with E-state index in [0.717, 1.165) is 31.2 Å². The van der Waals surface area contributed by atoms with Crippen molar-refractivity contribution in [3.63, 3.8) is 0 Å². The number of amides is 1. The predicted molar refractivity (Wildman–Crippen MR) is 124 cm³/mol. The maximum atomic E-state index is 12.6. The first-order valence-electron chi connectivity index (χ1n) is 9.84. The Labute approximate surface area is 190 Å². The van der Waals surface area contributed by atoms with Crippen molar-refractivity contribution in [1.29, 1.82) is 0 Å². The zero-order chi connectivity index (χ0) is 19.8. The fourth-order valence-electron chi connectivity index (χ4n) is 3.81. The van der Waals surface area contributed by atoms with Gasteiger partial charge in [0.25, 0.3) is 0 Å². The minimum absolute atomic E-state index is 0. The van der Waals surface area contributed by atoms with Gasteiger partial charge in [-0.05, 0) is 54.6 Å². The van der Waals surface area contributed by atoms with Gasteiger partial charge in [0.1, 0.15) is 6.61 Å². The second kappa shape index (κ2) is 12.6. The van der Waals surface area contributed by atoms with Gasteiger partial charge >= 0.3 is 0 Å². The Morgan fingerprint density at radius 2 is 1.80 bits per heavy atom. The van der Waals surface area contributed by atoms with Gasteiger partial charge in [-0.15, -0.1) is 24.8 Å². The Bertz CT molecular complexity index is 784. The Morgan fingerprint density at radius 1 is 1.10 bits per heavy atom. The summed E-state index contributed by atoms with van der Waals surface area (Å²) in [6, 6.07) is 9.22. The monoisotopic (exact) mass is 455 g/mol. The number of carbonyl (C=O) groups excluding carboxylic acids is 1. The molecule has 166 valence electrons. The molecule has 1 aromatic carbocycles. The first-order chi connectivity index (χ1) is 13.6. The van der Waals surface area contributed by atoms with Crippen LogP contribution in [0, 0.1) is 5.41 Å². The van der Waals surface area contributed by atoms with Crippen LogP contribution >= 0.6 is 24.8 Å². The molecule has 1 heterocycles. The molecule has 1 saturated carbocycles. The van der Waals surface area contributed by atoms with Crippen molar-refractivity contribution >= 4 is 36.4 Å². The molecule has 0 aliphatic heterocycles. The average Bonchev–Trinajstić information content (AvgIpc) is 2.73. The third-order valence-corrected chi connectivity index (χ3v) is 5.47. The van der Waals surface area contributed by atoms with Crippen molar-refractivity contribution in [3.8, 4) is 11.5 Å². The molecule has 30 heavy (non-hydrogen) atoms. The van der Waals surface area contributed by atoms with Crippen molar-refractivity contribution in [3.05, 3.63) is 48.3 Å². The van der Waals surface area contributed by atoms with E-state index in [4.69, 9.17) is 15.2 Å². The highest BCUT2D eigenvalue weighted by atomic mass is 35.5. The van der Waals surface area contributed by atoms with Gasteiger partial charge in [0.05, 0.1) is 7.11 Å². The summed E-state index contributed by atoms with van der Waals surface area (Å²) >= 11 is 0. The zero-order valence-corrected chi connectivity index (χ0v) is 18.9. The fourth-order valence-corrected chi connectivity index (χ4v) is 3.81. The molecule has 8 heteroatoms. The van der Waals surface area contributed by atoms with Crippen LogP contribution in [0.5, 0.6) is 11.5 Å². The van der Waals surface area contributed by atoms with Gasteiger partial charge < -0.3 is 20.5 Å². The standard InChI is InChI=1S/C22H29N3O3.2ClH/c1-27-19-6-5-18(13-20(19)28-15-17-7-11-24-12-8-17)25-21(26)14-22(16-23)9-3-2-4-10-22;;/h5-8,11-13H,2-4,9-10,14-16,23H2,1H3,(H,25,26);2*1H. The largest absolute Gasteiger partial charge is 0.493 e. The van der Waals surface area contributed by atoms with E-state index < -0.39 is 0 Å². The van der Waals surface area contributed by atoms with Gasteiger partial charge in [0, 0.05) is 30.6 Å². The third-order valence-electron chi connectivity index (χ3n) is 5.47. The number of rotatable bonds is 8. The Balaban J connectivity index is 0.00000225. The minimum atomic E-state index is -0.0600. The minimum Gasteiger partial charge on any atom is -0.493 e. The van der Waals surface area contributed by atoms with E-state index in [2.05, 4.69) is 10.3 Å². The first-order valence-corrected chi connectivity index (χ1v) is 9.84. The summed E-state index contributed by atoms with van der Waals surface area (Å²) in [4.78, 5) is 16.6. The SMILES string of the molecule is COc1ccc(NC(=O)CC2(CN)CCCCC2)cc1OCc1ccncc1.Cl.Cl. The van der Waals surface area contributed by atoms with E-state index in [9.17, 15) is 4.79 Å². The fraction of sp³-hybridized carbons (Fsp3) is 0.455. The molecule has 1 aliphatic rings. The van der Waals surface area contributed by atoms with Crippen molar-refractivity contribution in [2.45, 2.75) is 45.1 Å². The molecule has 3 rings (SSSR count). The molecule has 1 fully saturated rings. The number of methoxy groups -OCH3 is 1. The number of halogens is 2. The molecule has 6 nitrogen and oxygen atoms in total. The van der Waals surface area contributed by atoms with E-state index in [-0.39, 0.29) is 36.1 Å². The number of hydrogen-bond donors (Lipinski definition) is 2. The molecular weight excluding hydrogens is 425 g/mol. The lowest BCUT2D eigenvalue weighted by atomic mass is 9.71. The average molecular weight is 456 g/mol. The van der Waals surface area contributed by atoms with E-state index in [1.807, 2.05) is 18.2 Å². The summed E-state index contributed by atoms with van der Waals surface area (Å²) in [5, 5.41) is 3.00. The van der Waals surface area contributed by atoms with Crippen molar-refractivity contribution in [2.24, 2.45) is 11.1 Å². The van der Waals surface area contributed by atoms with Gasteiger partial charge in [-0.3, -0.25) is 9.78 Å². The normalized spacial score (nSPS) is 14.6. The van der Waals surface area contributed by atoms with E-state index in [0.29, 0.717) is 36.8 Å². The highest BCUT2D eigenvalue weighted by molar-refractivity contribution is 5.91. The van der Waals surface area contributed by atoms with Crippen LogP contribution in [0.3, 0.4) is 0 Å². The maximum Gasteiger partial charge on any atom is 0.224 e. The molecule has 2 aromatic rings. The van der Waals surface area contributed by atoms with Crippen LogP contribution in [0.2, 0.25) is 0 Å². The lowest BCUT2D eigenvalue weighted by Gasteiger charge is -2.35. The topological polar surface area (TPSA) is 86.5 Å². The number of benzene rings is 1. The van der Waals surface area contributed by atoms with Gasteiger partial charge in [-0.25, -0.2) is 0 Å².